The van der Waals surface area contributed by atoms with Crippen LogP contribution in [0.25, 0.3) is 23.1 Å². The van der Waals surface area contributed by atoms with Gasteiger partial charge in [0, 0.05) is 18.1 Å². The van der Waals surface area contributed by atoms with E-state index in [0.717, 1.165) is 10.7 Å². The van der Waals surface area contributed by atoms with Crippen molar-refractivity contribution in [3.8, 4) is 23.1 Å². The largest absolute Gasteiger partial charge is 0.359 e. The van der Waals surface area contributed by atoms with E-state index in [-0.39, 0.29) is 0 Å². The molecule has 3 aromatic rings. The van der Waals surface area contributed by atoms with E-state index < -0.39 is 0 Å². The van der Waals surface area contributed by atoms with Gasteiger partial charge in [-0.25, -0.2) is 4.98 Å². The van der Waals surface area contributed by atoms with Crippen LogP contribution in [0.15, 0.2) is 28.2 Å². The number of hydrogen-bond acceptors (Lipinski definition) is 6. The molecule has 0 saturated carbocycles. The summed E-state index contributed by atoms with van der Waals surface area (Å²) in [4.78, 5) is 11.6. The van der Waals surface area contributed by atoms with Crippen molar-refractivity contribution in [3.05, 3.63) is 28.7 Å². The Kier molecular flexibility index (Phi) is 2.46. The second-order valence-corrected chi connectivity index (χ2v) is 4.28. The maximum Gasteiger partial charge on any atom is 0.277 e. The van der Waals surface area contributed by atoms with Crippen molar-refractivity contribution in [2.75, 3.05) is 0 Å². The van der Waals surface area contributed by atoms with Crippen LogP contribution >= 0.6 is 11.3 Å². The minimum absolute atomic E-state index is 0.408. The Labute approximate surface area is 101 Å². The summed E-state index contributed by atoms with van der Waals surface area (Å²) in [7, 11) is 0. The van der Waals surface area contributed by atoms with Gasteiger partial charge in [0.05, 0.1) is 5.69 Å². The van der Waals surface area contributed by atoms with Crippen molar-refractivity contribution >= 4 is 11.3 Å². The summed E-state index contributed by atoms with van der Waals surface area (Å²) in [6, 6.07) is 3.75. The van der Waals surface area contributed by atoms with Crippen LogP contribution in [0, 0.1) is 0 Å². The van der Waals surface area contributed by atoms with Crippen LogP contribution in [0.4, 0.5) is 0 Å². The molecule has 0 atom stereocenters. The number of aromatic amines is 1. The third-order valence-corrected chi connectivity index (χ3v) is 3.08. The number of aromatic nitrogens is 4. The maximum absolute atomic E-state index is 5.50. The Morgan fingerprint density at radius 3 is 3.06 bits per heavy atom. The van der Waals surface area contributed by atoms with E-state index in [2.05, 4.69) is 20.1 Å². The van der Waals surface area contributed by atoms with Crippen LogP contribution in [0.1, 0.15) is 5.01 Å². The summed E-state index contributed by atoms with van der Waals surface area (Å²) in [5.41, 5.74) is 6.98. The van der Waals surface area contributed by atoms with Crippen molar-refractivity contribution in [2.24, 2.45) is 5.73 Å². The molecule has 0 spiro atoms. The number of H-pyrrole nitrogens is 1. The molecule has 0 aliphatic heterocycles. The fourth-order valence-corrected chi connectivity index (χ4v) is 2.06. The number of rotatable bonds is 3. The van der Waals surface area contributed by atoms with Gasteiger partial charge in [-0.1, -0.05) is 5.16 Å². The Balaban J connectivity index is 1.94. The Morgan fingerprint density at radius 2 is 2.35 bits per heavy atom. The van der Waals surface area contributed by atoms with Gasteiger partial charge in [-0.05, 0) is 12.1 Å². The lowest BCUT2D eigenvalue weighted by Crippen LogP contribution is -1.94. The van der Waals surface area contributed by atoms with Crippen molar-refractivity contribution in [1.29, 1.82) is 0 Å². The van der Waals surface area contributed by atoms with Crippen LogP contribution in [-0.2, 0) is 6.54 Å². The highest BCUT2D eigenvalue weighted by molar-refractivity contribution is 7.09. The Bertz CT molecular complexity index is 612. The van der Waals surface area contributed by atoms with Crippen LogP contribution < -0.4 is 5.73 Å². The predicted molar refractivity (Wildman–Crippen MR) is 63.1 cm³/mol. The summed E-state index contributed by atoms with van der Waals surface area (Å²) in [5.74, 6) is 0.929. The number of hydrogen-bond donors (Lipinski definition) is 2. The topological polar surface area (TPSA) is 93.6 Å². The van der Waals surface area contributed by atoms with Crippen LogP contribution in [0.2, 0.25) is 0 Å². The molecule has 0 amide bonds. The van der Waals surface area contributed by atoms with E-state index in [0.29, 0.717) is 24.0 Å². The van der Waals surface area contributed by atoms with Gasteiger partial charge in [-0.15, -0.1) is 11.3 Å². The number of nitrogens with two attached hydrogens (primary N) is 1. The molecular weight excluding hydrogens is 238 g/mol. The molecule has 0 aliphatic carbocycles. The highest BCUT2D eigenvalue weighted by Crippen LogP contribution is 2.22. The van der Waals surface area contributed by atoms with Crippen molar-refractivity contribution in [3.63, 3.8) is 0 Å². The van der Waals surface area contributed by atoms with Crippen molar-refractivity contribution < 1.29 is 4.52 Å². The van der Waals surface area contributed by atoms with Gasteiger partial charge in [0.1, 0.15) is 10.7 Å². The molecule has 86 valence electrons. The summed E-state index contributed by atoms with van der Waals surface area (Å²) in [6.07, 6.45) is 1.81. The minimum atomic E-state index is 0.408. The molecular formula is C10H9N5OS. The third kappa shape index (κ3) is 1.85. The molecule has 3 rings (SSSR count). The Morgan fingerprint density at radius 1 is 1.41 bits per heavy atom. The maximum atomic E-state index is 5.50. The second kappa shape index (κ2) is 4.11. The van der Waals surface area contributed by atoms with Crippen LogP contribution in [0.5, 0.6) is 0 Å². The lowest BCUT2D eigenvalue weighted by atomic mass is 10.4. The first-order valence-electron chi connectivity index (χ1n) is 4.99. The van der Waals surface area contributed by atoms with Gasteiger partial charge < -0.3 is 15.2 Å². The normalized spacial score (nSPS) is 10.9. The van der Waals surface area contributed by atoms with Crippen molar-refractivity contribution in [2.45, 2.75) is 6.54 Å². The van der Waals surface area contributed by atoms with Gasteiger partial charge in [0.15, 0.2) is 0 Å². The van der Waals surface area contributed by atoms with Gasteiger partial charge in [0.2, 0.25) is 5.82 Å². The molecule has 0 fully saturated rings. The standard InChI is InChI=1S/C10H9N5OS/c11-4-8-13-7(5-17-8)10-14-9(15-16-10)6-2-1-3-12-6/h1-3,5,12H,4,11H2. The lowest BCUT2D eigenvalue weighted by Gasteiger charge is -1.85. The predicted octanol–water partition coefficient (Wildman–Crippen LogP) is 1.65. The Hall–Kier alpha value is -1.99. The average Bonchev–Trinajstić information content (AvgIpc) is 3.09. The monoisotopic (exact) mass is 247 g/mol. The molecule has 3 aromatic heterocycles. The van der Waals surface area contributed by atoms with Gasteiger partial charge >= 0.3 is 0 Å². The molecule has 0 aromatic carbocycles. The van der Waals surface area contributed by atoms with Gasteiger partial charge in [-0.2, -0.15) is 4.98 Å². The quantitative estimate of drug-likeness (QED) is 0.733. The zero-order valence-electron chi connectivity index (χ0n) is 8.75. The SMILES string of the molecule is NCc1nc(-c2nc(-c3ccc[nH]3)no2)cs1. The zero-order chi connectivity index (χ0) is 11.7. The molecule has 0 radical (unpaired) electrons. The van der Waals surface area contributed by atoms with E-state index in [1.807, 2.05) is 17.5 Å². The highest BCUT2D eigenvalue weighted by atomic mass is 32.1. The number of thiazole rings is 1. The van der Waals surface area contributed by atoms with Gasteiger partial charge in [0.25, 0.3) is 5.89 Å². The smallest absolute Gasteiger partial charge is 0.277 e. The average molecular weight is 247 g/mol. The molecule has 6 nitrogen and oxygen atoms in total. The molecule has 0 unspecified atom stereocenters. The molecule has 0 saturated heterocycles. The van der Waals surface area contributed by atoms with Gasteiger partial charge in [-0.3, -0.25) is 0 Å². The first-order valence-corrected chi connectivity index (χ1v) is 5.87. The van der Waals surface area contributed by atoms with Crippen LogP contribution in [-0.4, -0.2) is 20.1 Å². The summed E-state index contributed by atoms with van der Waals surface area (Å²) in [6.45, 7) is 0.419. The van der Waals surface area contributed by atoms with Crippen molar-refractivity contribution in [1.82, 2.24) is 20.1 Å². The van der Waals surface area contributed by atoms with E-state index in [9.17, 15) is 0 Å². The molecule has 17 heavy (non-hydrogen) atoms. The van der Waals surface area contributed by atoms with E-state index >= 15 is 0 Å². The third-order valence-electron chi connectivity index (χ3n) is 2.21. The molecule has 3 heterocycles. The second-order valence-electron chi connectivity index (χ2n) is 3.34. The fourth-order valence-electron chi connectivity index (χ4n) is 1.41. The van der Waals surface area contributed by atoms with E-state index in [1.54, 1.807) is 6.20 Å². The first-order chi connectivity index (χ1) is 8.36. The van der Waals surface area contributed by atoms with E-state index in [1.165, 1.54) is 11.3 Å². The highest BCUT2D eigenvalue weighted by Gasteiger charge is 2.13. The number of nitrogens with one attached hydrogen (secondary N) is 1. The van der Waals surface area contributed by atoms with Crippen LogP contribution in [0.3, 0.4) is 0 Å². The van der Waals surface area contributed by atoms with E-state index in [4.69, 9.17) is 10.3 Å². The zero-order valence-corrected chi connectivity index (χ0v) is 9.57. The molecule has 3 N–H and O–H groups in total. The summed E-state index contributed by atoms with van der Waals surface area (Å²) >= 11 is 1.48. The summed E-state index contributed by atoms with van der Waals surface area (Å²) < 4.78 is 5.15. The molecule has 0 aliphatic rings. The lowest BCUT2D eigenvalue weighted by molar-refractivity contribution is 0.431. The fraction of sp³-hybridized carbons (Fsp3) is 0.100. The molecule has 7 heteroatoms. The number of nitrogens with zero attached hydrogens (tertiary/aromatic N) is 3. The first kappa shape index (κ1) is 10.2. The minimum Gasteiger partial charge on any atom is -0.359 e. The molecule has 0 bridgehead atoms. The summed E-state index contributed by atoms with van der Waals surface area (Å²) in [5, 5.41) is 6.59.